The minimum absolute atomic E-state index is 0.291. The molecule has 1 unspecified atom stereocenters. The maximum atomic E-state index is 11.6. The van der Waals surface area contributed by atoms with E-state index in [4.69, 9.17) is 16.3 Å². The highest BCUT2D eigenvalue weighted by molar-refractivity contribution is 7.98. The van der Waals surface area contributed by atoms with Gasteiger partial charge in [0.15, 0.2) is 0 Å². The largest absolute Gasteiger partial charge is 0.449 e. The number of carbonyl (C=O) groups excluding carboxylic acids is 1. The summed E-state index contributed by atoms with van der Waals surface area (Å²) >= 11 is 7.76. The van der Waals surface area contributed by atoms with Gasteiger partial charge >= 0.3 is 6.09 Å². The van der Waals surface area contributed by atoms with E-state index >= 15 is 0 Å². The highest BCUT2D eigenvalue weighted by atomic mass is 35.5. The van der Waals surface area contributed by atoms with Crippen LogP contribution in [0.2, 0.25) is 5.02 Å². The monoisotopic (exact) mass is 376 g/mol. The van der Waals surface area contributed by atoms with Crippen molar-refractivity contribution in [3.05, 3.63) is 70.2 Å². The maximum Gasteiger partial charge on any atom is 0.427 e. The van der Waals surface area contributed by atoms with E-state index in [-0.39, 0.29) is 0 Å². The Kier molecular flexibility index (Phi) is 7.34. The van der Waals surface area contributed by atoms with Crippen molar-refractivity contribution in [2.45, 2.75) is 19.1 Å². The van der Waals surface area contributed by atoms with E-state index in [0.717, 1.165) is 11.1 Å². The highest BCUT2D eigenvalue weighted by Crippen LogP contribution is 2.26. The van der Waals surface area contributed by atoms with Gasteiger partial charge in [0.1, 0.15) is 0 Å². The summed E-state index contributed by atoms with van der Waals surface area (Å²) in [6.07, 6.45) is 1.50. The van der Waals surface area contributed by atoms with Crippen molar-refractivity contribution in [3.63, 3.8) is 0 Å². The van der Waals surface area contributed by atoms with Crippen molar-refractivity contribution in [2.75, 3.05) is 12.9 Å². The zero-order chi connectivity index (χ0) is 18.2. The van der Waals surface area contributed by atoms with E-state index in [1.165, 1.54) is 5.56 Å². The lowest BCUT2D eigenvalue weighted by Crippen LogP contribution is -2.21. The average molecular weight is 377 g/mol. The number of nitrogens with zero attached hydrogens (tertiary/aromatic N) is 1. The molecule has 0 spiro atoms. The van der Waals surface area contributed by atoms with Gasteiger partial charge in [-0.25, -0.2) is 10.2 Å². The number of halogens is 1. The van der Waals surface area contributed by atoms with Gasteiger partial charge in [-0.15, -0.1) is 0 Å². The molecule has 2 aromatic carbocycles. The average Bonchev–Trinajstić information content (AvgIpc) is 2.63. The summed E-state index contributed by atoms with van der Waals surface area (Å²) in [6, 6.07) is 15.5. The van der Waals surface area contributed by atoms with Crippen molar-refractivity contribution in [1.29, 1.82) is 0 Å². The molecule has 0 aliphatic heterocycles. The Morgan fingerprint density at radius 2 is 1.72 bits per heavy atom. The molecule has 4 nitrogen and oxygen atoms in total. The third-order valence-corrected chi connectivity index (χ3v) is 4.89. The van der Waals surface area contributed by atoms with Crippen molar-refractivity contribution in [2.24, 2.45) is 5.10 Å². The maximum absolute atomic E-state index is 11.6. The first kappa shape index (κ1) is 19.3. The molecule has 25 heavy (non-hydrogen) atoms. The predicted octanol–water partition coefficient (Wildman–Crippen LogP) is 5.26. The number of benzene rings is 2. The van der Waals surface area contributed by atoms with Crippen molar-refractivity contribution >= 4 is 35.2 Å². The molecular formula is C19H21ClN2O2S. The number of amides is 1. The molecule has 0 aromatic heterocycles. The quantitative estimate of drug-likeness (QED) is 0.552. The first-order valence-electron chi connectivity index (χ1n) is 7.94. The topological polar surface area (TPSA) is 50.7 Å². The van der Waals surface area contributed by atoms with Gasteiger partial charge in [-0.2, -0.15) is 16.9 Å². The van der Waals surface area contributed by atoms with Crippen molar-refractivity contribution in [3.8, 4) is 0 Å². The fourth-order valence-electron chi connectivity index (χ4n) is 2.22. The third kappa shape index (κ3) is 5.51. The first-order chi connectivity index (χ1) is 12.0. The van der Waals surface area contributed by atoms with Crippen LogP contribution in [-0.2, 0) is 4.74 Å². The van der Waals surface area contributed by atoms with Crippen molar-refractivity contribution < 1.29 is 9.53 Å². The first-order valence-corrected chi connectivity index (χ1v) is 9.61. The van der Waals surface area contributed by atoms with Gasteiger partial charge in [0.25, 0.3) is 0 Å². The molecule has 0 radical (unpaired) electrons. The molecule has 1 atom stereocenters. The van der Waals surface area contributed by atoms with Crippen LogP contribution in [0.25, 0.3) is 0 Å². The Hall–Kier alpha value is -1.98. The zero-order valence-corrected chi connectivity index (χ0v) is 16.0. The summed E-state index contributed by atoms with van der Waals surface area (Å²) in [5.41, 5.74) is 6.07. The number of thioether (sulfide) groups is 1. The number of hydrogen-bond acceptors (Lipinski definition) is 4. The molecule has 6 heteroatoms. The lowest BCUT2D eigenvalue weighted by atomic mass is 10.0. The van der Waals surface area contributed by atoms with Gasteiger partial charge in [0, 0.05) is 21.4 Å². The minimum Gasteiger partial charge on any atom is -0.449 e. The van der Waals surface area contributed by atoms with Crippen LogP contribution < -0.4 is 5.43 Å². The molecule has 0 heterocycles. The van der Waals surface area contributed by atoms with Gasteiger partial charge in [-0.1, -0.05) is 48.0 Å². The molecule has 0 saturated heterocycles. The van der Waals surface area contributed by atoms with Crippen LogP contribution in [0.1, 0.15) is 35.8 Å². The van der Waals surface area contributed by atoms with E-state index < -0.39 is 6.09 Å². The molecule has 2 rings (SSSR count). The van der Waals surface area contributed by atoms with Gasteiger partial charge < -0.3 is 4.74 Å². The van der Waals surface area contributed by atoms with Crippen LogP contribution >= 0.6 is 23.4 Å². The third-order valence-electron chi connectivity index (χ3n) is 3.66. The Balaban J connectivity index is 2.35. The van der Waals surface area contributed by atoms with Crippen LogP contribution in [0.3, 0.4) is 0 Å². The van der Waals surface area contributed by atoms with Crippen molar-refractivity contribution in [1.82, 2.24) is 5.43 Å². The number of carbonyl (C=O) groups is 1. The van der Waals surface area contributed by atoms with Crippen LogP contribution in [0.15, 0.2) is 53.6 Å². The number of hydrazone groups is 1. The molecule has 0 fully saturated rings. The Morgan fingerprint density at radius 3 is 2.24 bits per heavy atom. The molecule has 0 bridgehead atoms. The normalized spacial score (nSPS) is 12.6. The Labute approximate surface area is 157 Å². The van der Waals surface area contributed by atoms with E-state index in [1.807, 2.05) is 24.3 Å². The van der Waals surface area contributed by atoms with Gasteiger partial charge in [-0.3, -0.25) is 0 Å². The number of ether oxygens (including phenoxy) is 1. The van der Waals surface area contributed by atoms with Crippen LogP contribution in [0.5, 0.6) is 0 Å². The summed E-state index contributed by atoms with van der Waals surface area (Å²) in [4.78, 5) is 11.6. The lowest BCUT2D eigenvalue weighted by molar-refractivity contribution is 0.152. The Bertz CT molecular complexity index is 730. The standard InChI is InChI=1S/C19H21ClN2O2S/c1-4-24-19(23)22-21-18(16-9-11-17(20)12-10-16)15-7-5-14(6-8-15)13(2)25-3/h5-13H,4H2,1-3H3,(H,22,23). The smallest absolute Gasteiger partial charge is 0.427 e. The second-order valence-corrected chi connectivity index (χ2v) is 6.91. The Morgan fingerprint density at radius 1 is 1.16 bits per heavy atom. The fraction of sp³-hybridized carbons (Fsp3) is 0.263. The summed E-state index contributed by atoms with van der Waals surface area (Å²) in [5.74, 6) is 0. The van der Waals surface area contributed by atoms with E-state index in [1.54, 1.807) is 30.8 Å². The van der Waals surface area contributed by atoms with Crippen LogP contribution in [-0.4, -0.2) is 24.7 Å². The molecule has 132 valence electrons. The SMILES string of the molecule is CCOC(=O)NN=C(c1ccc(Cl)cc1)c1ccc(C(C)SC)cc1. The molecule has 0 aliphatic carbocycles. The van der Waals surface area contributed by atoms with Gasteiger partial charge in [-0.05, 0) is 37.8 Å². The second-order valence-electron chi connectivity index (χ2n) is 5.30. The number of hydrogen-bond donors (Lipinski definition) is 1. The summed E-state index contributed by atoms with van der Waals surface area (Å²) in [6.45, 7) is 4.20. The fourth-order valence-corrected chi connectivity index (χ4v) is 2.77. The molecule has 0 aliphatic rings. The number of rotatable bonds is 6. The van der Waals surface area contributed by atoms with Gasteiger partial charge in [0.2, 0.25) is 0 Å². The van der Waals surface area contributed by atoms with Crippen LogP contribution in [0.4, 0.5) is 4.79 Å². The van der Waals surface area contributed by atoms with Crippen LogP contribution in [0, 0.1) is 0 Å². The minimum atomic E-state index is -0.582. The molecule has 1 N–H and O–H groups in total. The predicted molar refractivity (Wildman–Crippen MR) is 106 cm³/mol. The van der Waals surface area contributed by atoms with E-state index in [9.17, 15) is 4.79 Å². The van der Waals surface area contributed by atoms with E-state index in [2.05, 4.69) is 35.8 Å². The summed E-state index contributed by atoms with van der Waals surface area (Å²) in [7, 11) is 0. The summed E-state index contributed by atoms with van der Waals surface area (Å²) < 4.78 is 4.87. The zero-order valence-electron chi connectivity index (χ0n) is 14.5. The molecule has 0 saturated carbocycles. The lowest BCUT2D eigenvalue weighted by Gasteiger charge is -2.12. The van der Waals surface area contributed by atoms with Gasteiger partial charge in [0.05, 0.1) is 12.3 Å². The molecular weight excluding hydrogens is 356 g/mol. The second kappa shape index (κ2) is 9.49. The molecule has 2 aromatic rings. The highest BCUT2D eigenvalue weighted by Gasteiger charge is 2.10. The van der Waals surface area contributed by atoms with E-state index in [0.29, 0.717) is 22.6 Å². The number of nitrogens with one attached hydrogen (secondary N) is 1. The summed E-state index contributed by atoms with van der Waals surface area (Å²) in [5, 5.41) is 5.31. The molecule has 1 amide bonds.